The minimum atomic E-state index is -4.87. The van der Waals surface area contributed by atoms with Crippen LogP contribution in [0, 0.1) is 0 Å². The molecule has 0 aliphatic carbocycles. The van der Waals surface area contributed by atoms with E-state index in [1.54, 1.807) is 0 Å². The third kappa shape index (κ3) is 5.11. The first-order valence-electron chi connectivity index (χ1n) is 9.32. The number of halogens is 1. The van der Waals surface area contributed by atoms with Crippen molar-refractivity contribution in [2.75, 3.05) is 13.2 Å². The maximum absolute atomic E-state index is 13.5. The van der Waals surface area contributed by atoms with Crippen molar-refractivity contribution in [1.82, 2.24) is 0 Å². The van der Waals surface area contributed by atoms with Gasteiger partial charge in [-0.1, -0.05) is 59.8 Å². The van der Waals surface area contributed by atoms with E-state index < -0.39 is 49.5 Å². The highest BCUT2D eigenvalue weighted by molar-refractivity contribution is 8.31. The summed E-state index contributed by atoms with van der Waals surface area (Å²) in [5.74, 6) is -2.35. The first kappa shape index (κ1) is 26.2. The first-order chi connectivity index (χ1) is 15.0. The lowest BCUT2D eigenvalue weighted by atomic mass is 10.4. The predicted molar refractivity (Wildman–Crippen MR) is 120 cm³/mol. The summed E-state index contributed by atoms with van der Waals surface area (Å²) >= 11 is 6.38. The van der Waals surface area contributed by atoms with Crippen molar-refractivity contribution in [2.45, 2.75) is 31.8 Å². The van der Waals surface area contributed by atoms with Gasteiger partial charge in [0.25, 0.3) is 0 Å². The highest BCUT2D eigenvalue weighted by Crippen LogP contribution is 2.49. The largest absolute Gasteiger partial charge is 0.465 e. The Morgan fingerprint density at radius 1 is 0.812 bits per heavy atom. The number of carbonyl (C=O) groups is 2. The molecular weight excluding hydrogens is 500 g/mol. The van der Waals surface area contributed by atoms with Crippen LogP contribution in [0.15, 0.2) is 70.5 Å². The number of sulfone groups is 2. The summed E-state index contributed by atoms with van der Waals surface area (Å²) in [6, 6.07) is 13.3. The fraction of sp³-hybridized carbons (Fsp3) is 0.300. The number of esters is 2. The Morgan fingerprint density at radius 3 is 1.47 bits per heavy atom. The van der Waals surface area contributed by atoms with Crippen LogP contribution in [0.3, 0.4) is 0 Å². The van der Waals surface area contributed by atoms with Crippen LogP contribution in [0.25, 0.3) is 0 Å². The standard InChI is InChI=1S/C20H21ClO8S3/c1-3-28-18(22)17(19(23)29-4-2)30-20(21,31(24,25)15-11-7-5-8-12-15)32(26,27)16-13-9-6-10-14-16/h5-14,17H,3-4H2,1-2H3. The number of rotatable bonds is 10. The second-order valence-corrected chi connectivity index (χ2v) is 13.6. The molecule has 0 saturated carbocycles. The van der Waals surface area contributed by atoms with E-state index in [2.05, 4.69) is 0 Å². The Morgan fingerprint density at radius 2 is 1.16 bits per heavy atom. The van der Waals surface area contributed by atoms with Gasteiger partial charge in [0, 0.05) is 0 Å². The minimum absolute atomic E-state index is 0.0678. The Balaban J connectivity index is 2.76. The Labute approximate surface area is 196 Å². The number of ether oxygens (including phenoxy) is 2. The van der Waals surface area contributed by atoms with Crippen molar-refractivity contribution >= 4 is 55.0 Å². The molecule has 0 aliphatic rings. The van der Waals surface area contributed by atoms with Gasteiger partial charge in [-0.15, -0.1) is 0 Å². The highest BCUT2D eigenvalue weighted by atomic mass is 35.5. The van der Waals surface area contributed by atoms with Crippen molar-refractivity contribution in [3.63, 3.8) is 0 Å². The van der Waals surface area contributed by atoms with Crippen LogP contribution < -0.4 is 0 Å². The fourth-order valence-corrected chi connectivity index (χ4v) is 9.43. The SMILES string of the molecule is CCOC(=O)C(SC(Cl)(S(=O)(=O)c1ccccc1)S(=O)(=O)c1ccccc1)C(=O)OCC. The molecule has 12 heteroatoms. The second-order valence-electron chi connectivity index (χ2n) is 6.12. The average molecular weight is 521 g/mol. The molecule has 0 radical (unpaired) electrons. The van der Waals surface area contributed by atoms with Crippen LogP contribution in [0.4, 0.5) is 0 Å². The van der Waals surface area contributed by atoms with Gasteiger partial charge in [-0.25, -0.2) is 16.8 Å². The summed E-state index contributed by atoms with van der Waals surface area (Å²) in [5.41, 5.74) is 0. The van der Waals surface area contributed by atoms with Crippen molar-refractivity contribution in [3.05, 3.63) is 60.7 Å². The molecule has 0 atom stereocenters. The number of thioether (sulfide) groups is 1. The monoisotopic (exact) mass is 520 g/mol. The maximum Gasteiger partial charge on any atom is 0.330 e. The summed E-state index contributed by atoms with van der Waals surface area (Å²) < 4.78 is 60.6. The summed E-state index contributed by atoms with van der Waals surface area (Å²) in [5, 5.41) is -1.97. The predicted octanol–water partition coefficient (Wildman–Crippen LogP) is 3.01. The van der Waals surface area contributed by atoms with Crippen molar-refractivity contribution in [1.29, 1.82) is 0 Å². The van der Waals surface area contributed by atoms with Gasteiger partial charge in [0.05, 0.1) is 23.0 Å². The van der Waals surface area contributed by atoms with E-state index in [0.29, 0.717) is 0 Å². The molecule has 0 aliphatic heterocycles. The summed E-state index contributed by atoms with van der Waals surface area (Å²) in [6.07, 6.45) is 0. The van der Waals surface area contributed by atoms with Gasteiger partial charge in [-0.2, -0.15) is 0 Å². The molecule has 0 amide bonds. The quantitative estimate of drug-likeness (QED) is 0.264. The molecule has 174 valence electrons. The number of hydrogen-bond donors (Lipinski definition) is 0. The van der Waals surface area contributed by atoms with Gasteiger partial charge in [0.15, 0.2) is 0 Å². The lowest BCUT2D eigenvalue weighted by Gasteiger charge is -2.28. The summed E-state index contributed by atoms with van der Waals surface area (Å²) in [7, 11) is -9.75. The van der Waals surface area contributed by atoms with E-state index in [4.69, 9.17) is 21.1 Å². The van der Waals surface area contributed by atoms with Gasteiger partial charge in [0.1, 0.15) is 0 Å². The molecule has 8 nitrogen and oxygen atoms in total. The molecule has 0 spiro atoms. The zero-order chi connectivity index (χ0) is 24.0. The number of carbonyl (C=O) groups excluding carboxylic acids is 2. The average Bonchev–Trinajstić information content (AvgIpc) is 2.78. The second kappa shape index (κ2) is 10.7. The van der Waals surface area contributed by atoms with E-state index in [1.807, 2.05) is 0 Å². The summed E-state index contributed by atoms with van der Waals surface area (Å²) in [4.78, 5) is 24.1. The summed E-state index contributed by atoms with van der Waals surface area (Å²) in [6.45, 7) is 2.67. The van der Waals surface area contributed by atoms with Gasteiger partial charge in [0.2, 0.25) is 24.9 Å². The van der Waals surface area contributed by atoms with Gasteiger partial charge in [-0.3, -0.25) is 9.59 Å². The van der Waals surface area contributed by atoms with Gasteiger partial charge in [-0.05, 0) is 38.1 Å². The van der Waals surface area contributed by atoms with E-state index in [-0.39, 0.29) is 25.0 Å². The third-order valence-electron chi connectivity index (χ3n) is 4.01. The number of alkyl halides is 1. The highest BCUT2D eigenvalue weighted by Gasteiger charge is 2.59. The lowest BCUT2D eigenvalue weighted by molar-refractivity contribution is -0.152. The van der Waals surface area contributed by atoms with Crippen LogP contribution in [0.1, 0.15) is 13.8 Å². The minimum Gasteiger partial charge on any atom is -0.465 e. The molecule has 32 heavy (non-hydrogen) atoms. The zero-order valence-corrected chi connectivity index (χ0v) is 20.3. The Bertz CT molecular complexity index is 1060. The van der Waals surface area contributed by atoms with Crippen molar-refractivity contribution < 1.29 is 35.9 Å². The molecule has 0 aromatic heterocycles. The molecule has 2 aromatic carbocycles. The molecule has 2 aromatic rings. The van der Waals surface area contributed by atoms with E-state index in [9.17, 15) is 26.4 Å². The molecule has 0 bridgehead atoms. The molecule has 0 fully saturated rings. The maximum atomic E-state index is 13.5. The molecule has 0 heterocycles. The van der Waals surface area contributed by atoms with E-state index in [1.165, 1.54) is 50.2 Å². The number of benzene rings is 2. The van der Waals surface area contributed by atoms with Gasteiger partial charge >= 0.3 is 14.8 Å². The molecule has 0 unspecified atom stereocenters. The van der Waals surface area contributed by atoms with Crippen molar-refractivity contribution in [2.24, 2.45) is 0 Å². The molecular formula is C20H21ClO8S3. The van der Waals surface area contributed by atoms with E-state index >= 15 is 0 Å². The smallest absolute Gasteiger partial charge is 0.330 e. The Kier molecular flexibility index (Phi) is 8.74. The van der Waals surface area contributed by atoms with E-state index in [0.717, 1.165) is 24.3 Å². The topological polar surface area (TPSA) is 121 Å². The van der Waals surface area contributed by atoms with Crippen LogP contribution in [0.5, 0.6) is 0 Å². The normalized spacial score (nSPS) is 12.4. The van der Waals surface area contributed by atoms with Gasteiger partial charge < -0.3 is 9.47 Å². The van der Waals surface area contributed by atoms with Crippen LogP contribution >= 0.6 is 23.4 Å². The molecule has 0 saturated heterocycles. The Hall–Kier alpha value is -2.08. The molecule has 2 rings (SSSR count). The first-order valence-corrected chi connectivity index (χ1v) is 13.5. The fourth-order valence-electron chi connectivity index (χ4n) is 2.52. The van der Waals surface area contributed by atoms with Crippen LogP contribution in [-0.4, -0.2) is 50.1 Å². The lowest BCUT2D eigenvalue weighted by Crippen LogP contribution is -2.43. The molecule has 0 N–H and O–H groups in total. The van der Waals surface area contributed by atoms with Crippen LogP contribution in [-0.2, 0) is 38.7 Å². The van der Waals surface area contributed by atoms with Crippen LogP contribution in [0.2, 0.25) is 0 Å². The number of hydrogen-bond acceptors (Lipinski definition) is 9. The zero-order valence-electron chi connectivity index (χ0n) is 17.1. The van der Waals surface area contributed by atoms with Crippen molar-refractivity contribution in [3.8, 4) is 0 Å². The third-order valence-corrected chi connectivity index (χ3v) is 12.7.